The van der Waals surface area contributed by atoms with Crippen molar-refractivity contribution in [3.63, 3.8) is 0 Å². The number of alkyl halides is 3. The lowest BCUT2D eigenvalue weighted by atomic mass is 9.93. The van der Waals surface area contributed by atoms with E-state index in [1.807, 2.05) is 4.68 Å². The molecule has 1 aromatic rings. The number of hydrogen-bond acceptors (Lipinski definition) is 3. The highest BCUT2D eigenvalue weighted by molar-refractivity contribution is 5.96. The Hall–Kier alpha value is -3.08. The number of allylic oxidation sites excluding steroid dienone is 1. The average molecular weight is 546 g/mol. The molecule has 2 saturated carbocycles. The van der Waals surface area contributed by atoms with E-state index in [0.29, 0.717) is 44.5 Å². The molecule has 3 aliphatic heterocycles. The van der Waals surface area contributed by atoms with E-state index in [-0.39, 0.29) is 49.0 Å². The molecule has 39 heavy (non-hydrogen) atoms. The highest BCUT2D eigenvalue weighted by Crippen LogP contribution is 2.44. The summed E-state index contributed by atoms with van der Waals surface area (Å²) in [5.74, 6) is -0.199. The normalized spacial score (nSPS) is 24.8. The number of likely N-dealkylation sites (tertiary alicyclic amines) is 2. The van der Waals surface area contributed by atoms with Gasteiger partial charge in [0.15, 0.2) is 11.4 Å². The Bertz CT molecular complexity index is 1230. The number of amides is 3. The molecule has 11 heteroatoms. The van der Waals surface area contributed by atoms with Gasteiger partial charge in [0, 0.05) is 50.9 Å². The van der Waals surface area contributed by atoms with Crippen LogP contribution in [0, 0.1) is 5.92 Å². The fraction of sp³-hybridized carbons (Fsp3) is 0.607. The first-order chi connectivity index (χ1) is 18.7. The number of nitrogens with one attached hydrogen (secondary N) is 1. The predicted octanol–water partition coefficient (Wildman–Crippen LogP) is 3.77. The first kappa shape index (κ1) is 26.2. The van der Waals surface area contributed by atoms with Crippen molar-refractivity contribution in [3.05, 3.63) is 52.1 Å². The van der Waals surface area contributed by atoms with E-state index in [2.05, 4.69) is 5.32 Å². The van der Waals surface area contributed by atoms with Crippen molar-refractivity contribution in [2.45, 2.75) is 62.6 Å². The molecule has 0 spiro atoms. The van der Waals surface area contributed by atoms with Crippen LogP contribution >= 0.6 is 0 Å². The van der Waals surface area contributed by atoms with Crippen LogP contribution < -0.4 is 5.32 Å². The van der Waals surface area contributed by atoms with Crippen molar-refractivity contribution in [3.8, 4) is 0 Å². The molecule has 8 nitrogen and oxygen atoms in total. The van der Waals surface area contributed by atoms with Crippen molar-refractivity contribution in [2.24, 2.45) is 5.92 Å². The second-order valence-corrected chi connectivity index (χ2v) is 11.5. The topological polar surface area (TPSA) is 90.0 Å². The smallest absolute Gasteiger partial charge is 0.416 e. The Morgan fingerprint density at radius 3 is 2.41 bits per heavy atom. The molecule has 210 valence electrons. The van der Waals surface area contributed by atoms with Crippen molar-refractivity contribution < 1.29 is 32.6 Å². The van der Waals surface area contributed by atoms with E-state index in [4.69, 9.17) is 5.43 Å². The van der Waals surface area contributed by atoms with Gasteiger partial charge in [-0.3, -0.25) is 4.79 Å². The average Bonchev–Trinajstić information content (AvgIpc) is 3.83. The van der Waals surface area contributed by atoms with E-state index in [0.717, 1.165) is 43.2 Å². The standard InChI is InChI=1S/C28H34F3N5O3/c29-28(30,31)23-4-2-1-3-21(23)19-7-12-35(16-19)25(38)22-15-32-36(24(22)18-5-6-18)20-8-13-34(14-9-20)26(39)33-27(17-37)10-11-27/h1-4,18-19,37H,5-17H2,(H,33,39)/t19-/m1/s1. The number of urea groups is 1. The zero-order chi connectivity index (χ0) is 27.4. The number of aliphatic hydroxyl groups excluding tert-OH is 1. The van der Waals surface area contributed by atoms with Crippen LogP contribution in [0.3, 0.4) is 0 Å². The van der Waals surface area contributed by atoms with E-state index in [1.165, 1.54) is 12.1 Å². The molecule has 3 heterocycles. The molecule has 1 atom stereocenters. The number of carbonyl (C=O) groups is 2. The van der Waals surface area contributed by atoms with Gasteiger partial charge in [0.2, 0.25) is 0 Å². The quantitative estimate of drug-likeness (QED) is 0.552. The van der Waals surface area contributed by atoms with Crippen LogP contribution in [0.15, 0.2) is 35.5 Å². The molecular weight excluding hydrogens is 511 g/mol. The summed E-state index contributed by atoms with van der Waals surface area (Å²) >= 11 is 0. The van der Waals surface area contributed by atoms with E-state index in [9.17, 15) is 27.9 Å². The number of rotatable bonds is 5. The molecule has 0 unspecified atom stereocenters. The SMILES string of the molecule is O=C(NC1(CO)CC1)N1CCC(=[N+]2[N-]CC(C(=O)N3CC[C@@H](c4ccccc4C(F)(F)F)C3)=C2C2CC2)CC1. The van der Waals surface area contributed by atoms with Gasteiger partial charge in [0.25, 0.3) is 5.91 Å². The summed E-state index contributed by atoms with van der Waals surface area (Å²) in [6.07, 6.45) is 0.958. The zero-order valence-electron chi connectivity index (χ0n) is 21.8. The van der Waals surface area contributed by atoms with Crippen LogP contribution in [-0.4, -0.2) is 82.1 Å². The van der Waals surface area contributed by atoms with Gasteiger partial charge in [-0.1, -0.05) is 18.2 Å². The number of halogens is 3. The summed E-state index contributed by atoms with van der Waals surface area (Å²) in [4.78, 5) is 29.8. The third-order valence-electron chi connectivity index (χ3n) is 8.77. The van der Waals surface area contributed by atoms with E-state index in [1.54, 1.807) is 15.9 Å². The molecule has 2 aliphatic carbocycles. The Morgan fingerprint density at radius 1 is 1.05 bits per heavy atom. The molecule has 2 saturated heterocycles. The van der Waals surface area contributed by atoms with Crippen LogP contribution in [-0.2, 0) is 11.0 Å². The Kier molecular flexibility index (Phi) is 6.60. The maximum absolute atomic E-state index is 13.7. The van der Waals surface area contributed by atoms with E-state index >= 15 is 0 Å². The summed E-state index contributed by atoms with van der Waals surface area (Å²) in [5, 5.41) is 12.5. The van der Waals surface area contributed by atoms with Crippen molar-refractivity contribution in [2.75, 3.05) is 39.3 Å². The monoisotopic (exact) mass is 545 g/mol. The number of aliphatic hydroxyl groups is 1. The number of carbonyl (C=O) groups excluding carboxylic acids is 2. The highest BCUT2D eigenvalue weighted by Gasteiger charge is 2.46. The van der Waals surface area contributed by atoms with Gasteiger partial charge >= 0.3 is 12.2 Å². The second-order valence-electron chi connectivity index (χ2n) is 11.5. The third-order valence-corrected chi connectivity index (χ3v) is 8.77. The molecule has 0 radical (unpaired) electrons. The summed E-state index contributed by atoms with van der Waals surface area (Å²) < 4.78 is 42.7. The lowest BCUT2D eigenvalue weighted by molar-refractivity contribution is -0.424. The van der Waals surface area contributed by atoms with Crippen LogP contribution in [0.25, 0.3) is 5.43 Å². The summed E-state index contributed by atoms with van der Waals surface area (Å²) in [5.41, 5.74) is 6.61. The van der Waals surface area contributed by atoms with Crippen LogP contribution in [0.5, 0.6) is 0 Å². The van der Waals surface area contributed by atoms with Gasteiger partial charge in [0.05, 0.1) is 23.3 Å². The highest BCUT2D eigenvalue weighted by atomic mass is 19.4. The van der Waals surface area contributed by atoms with Gasteiger partial charge in [0.1, 0.15) is 0 Å². The molecule has 2 N–H and O–H groups in total. The molecule has 3 amide bonds. The molecule has 0 bridgehead atoms. The van der Waals surface area contributed by atoms with Crippen LogP contribution in [0.1, 0.15) is 62.0 Å². The zero-order valence-corrected chi connectivity index (χ0v) is 21.8. The molecule has 4 fully saturated rings. The van der Waals surface area contributed by atoms with Crippen LogP contribution in [0.4, 0.5) is 18.0 Å². The minimum atomic E-state index is -4.42. The van der Waals surface area contributed by atoms with Gasteiger partial charge in [-0.2, -0.15) is 13.2 Å². The number of hydrogen-bond donors (Lipinski definition) is 2. The summed E-state index contributed by atoms with van der Waals surface area (Å²) in [7, 11) is 0. The molecule has 6 rings (SSSR count). The number of nitrogens with zero attached hydrogens (tertiary/aromatic N) is 4. The largest absolute Gasteiger partial charge is 0.430 e. The van der Waals surface area contributed by atoms with Crippen molar-refractivity contribution in [1.82, 2.24) is 15.1 Å². The fourth-order valence-electron chi connectivity index (χ4n) is 6.11. The summed E-state index contributed by atoms with van der Waals surface area (Å²) in [6, 6.07) is 5.52. The Morgan fingerprint density at radius 2 is 1.77 bits per heavy atom. The molecule has 5 aliphatic rings. The predicted molar refractivity (Wildman–Crippen MR) is 137 cm³/mol. The number of piperidine rings is 1. The first-order valence-electron chi connectivity index (χ1n) is 13.9. The maximum atomic E-state index is 13.7. The lowest BCUT2D eigenvalue weighted by Gasteiger charge is -2.30. The summed E-state index contributed by atoms with van der Waals surface area (Å²) in [6.45, 7) is 2.01. The first-order valence-corrected chi connectivity index (χ1v) is 13.9. The second kappa shape index (κ2) is 9.83. The molecule has 1 aromatic carbocycles. The minimum absolute atomic E-state index is 0.0461. The maximum Gasteiger partial charge on any atom is 0.416 e. The van der Waals surface area contributed by atoms with Gasteiger partial charge in [-0.15, -0.1) is 0 Å². The lowest BCUT2D eigenvalue weighted by Crippen LogP contribution is -2.50. The Labute approximate surface area is 225 Å². The Balaban J connectivity index is 1.16. The van der Waals surface area contributed by atoms with Crippen molar-refractivity contribution >= 4 is 17.6 Å². The fourth-order valence-corrected chi connectivity index (χ4v) is 6.11. The van der Waals surface area contributed by atoms with Crippen LogP contribution in [0.2, 0.25) is 0 Å². The van der Waals surface area contributed by atoms with Crippen molar-refractivity contribution in [1.29, 1.82) is 0 Å². The molecular formula is C28H34F3N5O3. The number of benzene rings is 1. The van der Waals surface area contributed by atoms with E-state index < -0.39 is 17.3 Å². The third kappa shape index (κ3) is 5.13. The van der Waals surface area contributed by atoms with Gasteiger partial charge in [-0.25, -0.2) is 9.48 Å². The molecule has 0 aromatic heterocycles. The van der Waals surface area contributed by atoms with Gasteiger partial charge in [-0.05, 0) is 50.3 Å². The minimum Gasteiger partial charge on any atom is -0.430 e. The van der Waals surface area contributed by atoms with Gasteiger partial charge < -0.3 is 25.6 Å².